The second-order valence-electron chi connectivity index (χ2n) is 6.08. The number of rotatable bonds is 10. The molecule has 0 aliphatic carbocycles. The molecule has 19 heavy (non-hydrogen) atoms. The zero-order valence-electron chi connectivity index (χ0n) is 13.4. The molecular weight excluding hydrogens is 236 g/mol. The molecule has 112 valence electrons. The summed E-state index contributed by atoms with van der Waals surface area (Å²) in [6, 6.07) is 0. The van der Waals surface area contributed by atoms with Crippen molar-refractivity contribution in [2.45, 2.75) is 66.7 Å². The summed E-state index contributed by atoms with van der Waals surface area (Å²) in [4.78, 5) is 11.3. The van der Waals surface area contributed by atoms with Crippen LogP contribution in [0.1, 0.15) is 66.7 Å². The summed E-state index contributed by atoms with van der Waals surface area (Å²) < 4.78 is 4.94. The van der Waals surface area contributed by atoms with E-state index in [0.717, 1.165) is 18.3 Å². The number of hydrogen-bond acceptors (Lipinski definition) is 2. The van der Waals surface area contributed by atoms with Gasteiger partial charge in [-0.05, 0) is 31.1 Å². The van der Waals surface area contributed by atoms with Gasteiger partial charge in [0.05, 0.1) is 13.0 Å². The number of carbonyl (C=O) groups is 1. The van der Waals surface area contributed by atoms with Gasteiger partial charge >= 0.3 is 5.97 Å². The van der Waals surface area contributed by atoms with Crippen molar-refractivity contribution in [1.82, 2.24) is 0 Å². The first-order chi connectivity index (χ1) is 8.95. The molecular formula is C17H32O2. The van der Waals surface area contributed by atoms with E-state index in [2.05, 4.69) is 39.8 Å². The summed E-state index contributed by atoms with van der Waals surface area (Å²) in [5.41, 5.74) is 0. The Morgan fingerprint density at radius 1 is 1.16 bits per heavy atom. The van der Waals surface area contributed by atoms with Gasteiger partial charge in [0.25, 0.3) is 0 Å². The maximum atomic E-state index is 11.3. The zero-order chi connectivity index (χ0) is 14.7. The number of esters is 1. The van der Waals surface area contributed by atoms with Crippen LogP contribution in [-0.4, -0.2) is 12.6 Å². The van der Waals surface area contributed by atoms with Crippen LogP contribution in [0.25, 0.3) is 0 Å². The van der Waals surface area contributed by atoms with Gasteiger partial charge in [0, 0.05) is 0 Å². The van der Waals surface area contributed by atoms with Crippen LogP contribution in [0.15, 0.2) is 12.2 Å². The summed E-state index contributed by atoms with van der Waals surface area (Å²) in [6.07, 6.45) is 9.93. The lowest BCUT2D eigenvalue weighted by molar-refractivity contribution is -0.143. The third-order valence-electron chi connectivity index (χ3n) is 3.28. The highest BCUT2D eigenvalue weighted by Gasteiger charge is 2.07. The first-order valence-corrected chi connectivity index (χ1v) is 7.77. The van der Waals surface area contributed by atoms with Crippen LogP contribution < -0.4 is 0 Å². The smallest absolute Gasteiger partial charge is 0.306 e. The van der Waals surface area contributed by atoms with Crippen molar-refractivity contribution in [2.75, 3.05) is 6.61 Å². The lowest BCUT2D eigenvalue weighted by atomic mass is 9.96. The van der Waals surface area contributed by atoms with Crippen LogP contribution in [0.5, 0.6) is 0 Å². The van der Waals surface area contributed by atoms with Gasteiger partial charge in [-0.25, -0.2) is 0 Å². The maximum absolute atomic E-state index is 11.3. The Bertz CT molecular complexity index is 256. The van der Waals surface area contributed by atoms with E-state index >= 15 is 0 Å². The summed E-state index contributed by atoms with van der Waals surface area (Å²) in [6.45, 7) is 11.3. The van der Waals surface area contributed by atoms with E-state index in [9.17, 15) is 4.79 Å². The summed E-state index contributed by atoms with van der Waals surface area (Å²) in [5.74, 6) is 1.74. The minimum absolute atomic E-state index is 0.0929. The van der Waals surface area contributed by atoms with Gasteiger partial charge in [-0.3, -0.25) is 4.79 Å². The average molecular weight is 268 g/mol. The molecule has 0 saturated carbocycles. The molecule has 2 atom stereocenters. The van der Waals surface area contributed by atoms with Crippen molar-refractivity contribution >= 4 is 5.97 Å². The molecule has 0 spiro atoms. The zero-order valence-corrected chi connectivity index (χ0v) is 13.4. The van der Waals surface area contributed by atoms with Gasteiger partial charge in [0.15, 0.2) is 0 Å². The normalized spacial score (nSPS) is 14.8. The molecule has 0 radical (unpaired) electrons. The predicted molar refractivity (Wildman–Crippen MR) is 82.0 cm³/mol. The van der Waals surface area contributed by atoms with E-state index in [-0.39, 0.29) is 11.9 Å². The van der Waals surface area contributed by atoms with Crippen molar-refractivity contribution in [3.63, 3.8) is 0 Å². The second-order valence-corrected chi connectivity index (χ2v) is 6.08. The highest BCUT2D eigenvalue weighted by Crippen LogP contribution is 2.16. The minimum Gasteiger partial charge on any atom is -0.466 e. The molecule has 0 aromatic carbocycles. The van der Waals surface area contributed by atoms with Gasteiger partial charge in [0.1, 0.15) is 0 Å². The van der Waals surface area contributed by atoms with Crippen molar-refractivity contribution in [3.8, 4) is 0 Å². The second kappa shape index (κ2) is 11.1. The highest BCUT2D eigenvalue weighted by atomic mass is 16.5. The Labute approximate surface area is 119 Å². The Kier molecular flexibility index (Phi) is 10.6. The molecule has 2 heteroatoms. The Morgan fingerprint density at radius 2 is 1.84 bits per heavy atom. The molecule has 0 aromatic heterocycles. The number of allylic oxidation sites excluding steroid dienone is 2. The Morgan fingerprint density at radius 3 is 2.42 bits per heavy atom. The van der Waals surface area contributed by atoms with E-state index in [1.807, 2.05) is 6.92 Å². The van der Waals surface area contributed by atoms with Crippen LogP contribution in [-0.2, 0) is 9.53 Å². The fourth-order valence-electron chi connectivity index (χ4n) is 2.09. The summed E-state index contributed by atoms with van der Waals surface area (Å²) >= 11 is 0. The lowest BCUT2D eigenvalue weighted by Gasteiger charge is -2.10. The Hall–Kier alpha value is -0.790. The van der Waals surface area contributed by atoms with E-state index < -0.39 is 0 Å². The van der Waals surface area contributed by atoms with Gasteiger partial charge < -0.3 is 4.74 Å². The van der Waals surface area contributed by atoms with E-state index in [4.69, 9.17) is 4.74 Å². The number of ether oxygens (including phenoxy) is 1. The fourth-order valence-corrected chi connectivity index (χ4v) is 2.09. The van der Waals surface area contributed by atoms with Crippen molar-refractivity contribution < 1.29 is 9.53 Å². The van der Waals surface area contributed by atoms with Crippen LogP contribution in [0.2, 0.25) is 0 Å². The minimum atomic E-state index is -0.0929. The van der Waals surface area contributed by atoms with Crippen molar-refractivity contribution in [1.29, 1.82) is 0 Å². The largest absolute Gasteiger partial charge is 0.466 e. The third kappa shape index (κ3) is 12.0. The first-order valence-electron chi connectivity index (χ1n) is 7.77. The number of hydrogen-bond donors (Lipinski definition) is 0. The van der Waals surface area contributed by atoms with Gasteiger partial charge in [0.2, 0.25) is 0 Å². The third-order valence-corrected chi connectivity index (χ3v) is 3.28. The quantitative estimate of drug-likeness (QED) is 0.412. The van der Waals surface area contributed by atoms with Gasteiger partial charge in [-0.1, -0.05) is 59.1 Å². The number of carbonyl (C=O) groups excluding carboxylic acids is 1. The Balaban J connectivity index is 3.72. The molecule has 0 bridgehead atoms. The molecule has 0 rings (SSSR count). The predicted octanol–water partition coefficient (Wildman–Crippen LogP) is 4.98. The topological polar surface area (TPSA) is 26.3 Å². The molecule has 0 unspecified atom stereocenters. The molecule has 0 fully saturated rings. The molecule has 0 aliphatic heterocycles. The molecule has 0 N–H and O–H groups in total. The SMILES string of the molecule is CCOC(=O)C[C@H](C)/C=C/C[C@H](C)CCCC(C)C. The first kappa shape index (κ1) is 18.2. The van der Waals surface area contributed by atoms with Gasteiger partial charge in [-0.15, -0.1) is 0 Å². The highest BCUT2D eigenvalue weighted by molar-refractivity contribution is 5.69. The van der Waals surface area contributed by atoms with Crippen LogP contribution >= 0.6 is 0 Å². The molecule has 0 saturated heterocycles. The van der Waals surface area contributed by atoms with Crippen molar-refractivity contribution in [2.24, 2.45) is 17.8 Å². The maximum Gasteiger partial charge on any atom is 0.306 e. The summed E-state index contributed by atoms with van der Waals surface area (Å²) in [5, 5.41) is 0. The average Bonchev–Trinajstić information content (AvgIpc) is 2.28. The molecule has 0 aromatic rings. The van der Waals surface area contributed by atoms with Crippen LogP contribution in [0, 0.1) is 17.8 Å². The van der Waals surface area contributed by atoms with Crippen LogP contribution in [0.4, 0.5) is 0 Å². The van der Waals surface area contributed by atoms with Crippen LogP contribution in [0.3, 0.4) is 0 Å². The van der Waals surface area contributed by atoms with E-state index in [1.165, 1.54) is 19.3 Å². The van der Waals surface area contributed by atoms with E-state index in [0.29, 0.717) is 13.0 Å². The molecule has 0 aliphatic rings. The van der Waals surface area contributed by atoms with Crippen molar-refractivity contribution in [3.05, 3.63) is 12.2 Å². The lowest BCUT2D eigenvalue weighted by Crippen LogP contribution is -2.07. The van der Waals surface area contributed by atoms with E-state index in [1.54, 1.807) is 0 Å². The summed E-state index contributed by atoms with van der Waals surface area (Å²) in [7, 11) is 0. The standard InChI is InChI=1S/C17H32O2/c1-6-19-17(18)13-16(5)12-8-11-15(4)10-7-9-14(2)3/h8,12,14-16H,6-7,9-11,13H2,1-5H3/b12-8+/t15-,16-/m1/s1. The van der Waals surface area contributed by atoms with Gasteiger partial charge in [-0.2, -0.15) is 0 Å². The molecule has 0 amide bonds. The molecule has 0 heterocycles. The molecule has 2 nitrogen and oxygen atoms in total. The fraction of sp³-hybridized carbons (Fsp3) is 0.824. The monoisotopic (exact) mass is 268 g/mol.